The van der Waals surface area contributed by atoms with E-state index in [0.29, 0.717) is 18.7 Å². The Bertz CT molecular complexity index is 492. The number of nitrogens with zero attached hydrogens (tertiary/aromatic N) is 2. The first-order chi connectivity index (χ1) is 11.5. The number of guanidine groups is 1. The van der Waals surface area contributed by atoms with E-state index in [4.69, 9.17) is 4.74 Å². The minimum atomic E-state index is 0.544. The van der Waals surface area contributed by atoms with E-state index in [1.807, 2.05) is 6.07 Å². The number of hydrogen-bond acceptors (Lipinski definition) is 3. The molecule has 1 rings (SSSR count). The molecule has 1 aromatic rings. The molecule has 0 spiro atoms. The smallest absolute Gasteiger partial charge is 0.191 e. The van der Waals surface area contributed by atoms with Gasteiger partial charge in [0.15, 0.2) is 5.96 Å². The Balaban J connectivity index is 2.49. The molecule has 0 atom stereocenters. The fraction of sp³-hybridized carbons (Fsp3) is 0.632. The molecular weight excluding hydrogens is 300 g/mol. The highest BCUT2D eigenvalue weighted by molar-refractivity contribution is 5.79. The largest absolute Gasteiger partial charge is 0.380 e. The van der Waals surface area contributed by atoms with Gasteiger partial charge in [0.1, 0.15) is 0 Å². The minimum Gasteiger partial charge on any atom is -0.380 e. The number of nitrogens with one attached hydrogen (secondary N) is 2. The third kappa shape index (κ3) is 6.89. The van der Waals surface area contributed by atoms with E-state index in [2.05, 4.69) is 66.4 Å². The Morgan fingerprint density at radius 2 is 1.71 bits per heavy atom. The van der Waals surface area contributed by atoms with Crippen LogP contribution in [0.3, 0.4) is 0 Å². The van der Waals surface area contributed by atoms with Gasteiger partial charge in [-0.1, -0.05) is 24.3 Å². The van der Waals surface area contributed by atoms with E-state index in [1.165, 1.54) is 11.1 Å². The summed E-state index contributed by atoms with van der Waals surface area (Å²) in [6, 6.07) is 9.39. The Labute approximate surface area is 147 Å². The second-order valence-electron chi connectivity index (χ2n) is 6.48. The van der Waals surface area contributed by atoms with Crippen LogP contribution < -0.4 is 10.6 Å². The van der Waals surface area contributed by atoms with Crippen molar-refractivity contribution in [1.29, 1.82) is 0 Å². The molecule has 0 bridgehead atoms. The molecule has 0 aliphatic heterocycles. The lowest BCUT2D eigenvalue weighted by molar-refractivity contribution is 0.178. The molecule has 0 unspecified atom stereocenters. The molecule has 2 N–H and O–H groups in total. The van der Waals surface area contributed by atoms with Crippen molar-refractivity contribution < 1.29 is 4.74 Å². The molecule has 0 radical (unpaired) electrons. The van der Waals surface area contributed by atoms with E-state index in [1.54, 1.807) is 14.2 Å². The zero-order valence-electron chi connectivity index (χ0n) is 16.1. The summed E-state index contributed by atoms with van der Waals surface area (Å²) in [7, 11) is 3.53. The highest BCUT2D eigenvalue weighted by Crippen LogP contribution is 2.09. The van der Waals surface area contributed by atoms with Gasteiger partial charge in [0.2, 0.25) is 0 Å². The average Bonchev–Trinajstić information content (AvgIpc) is 2.55. The molecule has 0 aliphatic rings. The van der Waals surface area contributed by atoms with E-state index >= 15 is 0 Å². The first-order valence-corrected chi connectivity index (χ1v) is 8.75. The van der Waals surface area contributed by atoms with Crippen molar-refractivity contribution in [1.82, 2.24) is 15.5 Å². The second kappa shape index (κ2) is 11.0. The number of ether oxygens (including phenoxy) is 1. The summed E-state index contributed by atoms with van der Waals surface area (Å²) in [6.07, 6.45) is 0. The molecule has 0 amide bonds. The van der Waals surface area contributed by atoms with Crippen LogP contribution in [0.5, 0.6) is 0 Å². The molecule has 0 aliphatic carbocycles. The van der Waals surface area contributed by atoms with Crippen molar-refractivity contribution in [3.05, 3.63) is 35.4 Å². The van der Waals surface area contributed by atoms with Crippen LogP contribution in [0.2, 0.25) is 0 Å². The summed E-state index contributed by atoms with van der Waals surface area (Å²) in [5.74, 6) is 0.828. The van der Waals surface area contributed by atoms with Crippen molar-refractivity contribution in [2.75, 3.05) is 27.2 Å². The second-order valence-corrected chi connectivity index (χ2v) is 6.48. The fourth-order valence-electron chi connectivity index (χ4n) is 2.84. The van der Waals surface area contributed by atoms with Crippen LogP contribution in [0.4, 0.5) is 0 Å². The Morgan fingerprint density at radius 3 is 2.25 bits per heavy atom. The Kier molecular flexibility index (Phi) is 9.42. The first kappa shape index (κ1) is 20.5. The fourth-order valence-corrected chi connectivity index (χ4v) is 2.84. The third-order valence-electron chi connectivity index (χ3n) is 4.08. The van der Waals surface area contributed by atoms with Crippen molar-refractivity contribution in [3.63, 3.8) is 0 Å². The molecule has 136 valence electrons. The van der Waals surface area contributed by atoms with Crippen LogP contribution in [-0.4, -0.2) is 50.2 Å². The first-order valence-electron chi connectivity index (χ1n) is 8.75. The van der Waals surface area contributed by atoms with E-state index in [-0.39, 0.29) is 0 Å². The summed E-state index contributed by atoms with van der Waals surface area (Å²) < 4.78 is 5.26. The number of hydrogen-bond donors (Lipinski definition) is 2. The lowest BCUT2D eigenvalue weighted by atomic mass is 10.1. The van der Waals surface area contributed by atoms with Gasteiger partial charge in [-0.3, -0.25) is 9.89 Å². The normalized spacial score (nSPS) is 12.3. The molecule has 0 heterocycles. The lowest BCUT2D eigenvalue weighted by Crippen LogP contribution is -2.45. The van der Waals surface area contributed by atoms with Gasteiger partial charge in [0.05, 0.1) is 6.61 Å². The number of aliphatic imine (C=N–C) groups is 1. The molecule has 0 fully saturated rings. The van der Waals surface area contributed by atoms with Gasteiger partial charge < -0.3 is 15.4 Å². The summed E-state index contributed by atoms with van der Waals surface area (Å²) in [5.41, 5.74) is 2.43. The molecule has 5 heteroatoms. The summed E-state index contributed by atoms with van der Waals surface area (Å²) in [6.45, 7) is 12.2. The molecule has 0 saturated heterocycles. The zero-order valence-corrected chi connectivity index (χ0v) is 16.1. The van der Waals surface area contributed by atoms with Crippen molar-refractivity contribution >= 4 is 5.96 Å². The van der Waals surface area contributed by atoms with Crippen LogP contribution in [0.1, 0.15) is 38.8 Å². The highest BCUT2D eigenvalue weighted by atomic mass is 16.5. The van der Waals surface area contributed by atoms with Crippen molar-refractivity contribution in [2.45, 2.75) is 52.9 Å². The van der Waals surface area contributed by atoms with Crippen LogP contribution >= 0.6 is 0 Å². The molecular formula is C19H34N4O. The minimum absolute atomic E-state index is 0.544. The predicted octanol–water partition coefficient (Wildman–Crippen LogP) is 2.62. The van der Waals surface area contributed by atoms with Gasteiger partial charge in [-0.05, 0) is 38.8 Å². The SMILES string of the molecule is CN=C(NCCN(C(C)C)C(C)C)NCc1ccccc1COC. The van der Waals surface area contributed by atoms with Gasteiger partial charge in [0.25, 0.3) is 0 Å². The number of rotatable bonds is 9. The maximum absolute atomic E-state index is 5.26. The highest BCUT2D eigenvalue weighted by Gasteiger charge is 2.12. The lowest BCUT2D eigenvalue weighted by Gasteiger charge is -2.30. The van der Waals surface area contributed by atoms with E-state index in [0.717, 1.165) is 25.6 Å². The summed E-state index contributed by atoms with van der Waals surface area (Å²) >= 11 is 0. The van der Waals surface area contributed by atoms with Gasteiger partial charge in [0, 0.05) is 45.9 Å². The molecule has 0 saturated carbocycles. The monoisotopic (exact) mass is 334 g/mol. The summed E-state index contributed by atoms with van der Waals surface area (Å²) in [5, 5.41) is 6.78. The average molecular weight is 335 g/mol. The Hall–Kier alpha value is -1.59. The van der Waals surface area contributed by atoms with E-state index < -0.39 is 0 Å². The van der Waals surface area contributed by atoms with Gasteiger partial charge in [-0.2, -0.15) is 0 Å². The maximum atomic E-state index is 5.26. The number of methoxy groups -OCH3 is 1. The summed E-state index contributed by atoms with van der Waals surface area (Å²) in [4.78, 5) is 6.78. The standard InChI is InChI=1S/C19H34N4O/c1-15(2)23(16(3)4)12-11-21-19(20-5)22-13-17-9-7-8-10-18(17)14-24-6/h7-10,15-16H,11-14H2,1-6H3,(H2,20,21,22). The van der Waals surface area contributed by atoms with Crippen LogP contribution in [-0.2, 0) is 17.9 Å². The number of benzene rings is 1. The zero-order chi connectivity index (χ0) is 17.9. The molecule has 24 heavy (non-hydrogen) atoms. The van der Waals surface area contributed by atoms with Crippen molar-refractivity contribution in [3.8, 4) is 0 Å². The Morgan fingerprint density at radius 1 is 1.08 bits per heavy atom. The molecule has 1 aromatic carbocycles. The van der Waals surface area contributed by atoms with E-state index in [9.17, 15) is 0 Å². The van der Waals surface area contributed by atoms with Crippen LogP contribution in [0.15, 0.2) is 29.3 Å². The van der Waals surface area contributed by atoms with Gasteiger partial charge in [-0.15, -0.1) is 0 Å². The van der Waals surface area contributed by atoms with Crippen LogP contribution in [0.25, 0.3) is 0 Å². The quantitative estimate of drug-likeness (QED) is 0.538. The topological polar surface area (TPSA) is 48.9 Å². The van der Waals surface area contributed by atoms with Crippen LogP contribution in [0, 0.1) is 0 Å². The predicted molar refractivity (Wildman–Crippen MR) is 102 cm³/mol. The maximum Gasteiger partial charge on any atom is 0.191 e. The third-order valence-corrected chi connectivity index (χ3v) is 4.08. The molecule has 0 aromatic heterocycles. The molecule has 5 nitrogen and oxygen atoms in total. The van der Waals surface area contributed by atoms with Gasteiger partial charge >= 0.3 is 0 Å². The van der Waals surface area contributed by atoms with Crippen molar-refractivity contribution in [2.24, 2.45) is 4.99 Å². The van der Waals surface area contributed by atoms with Gasteiger partial charge in [-0.25, -0.2) is 0 Å².